The summed E-state index contributed by atoms with van der Waals surface area (Å²) >= 11 is 0. The number of piperidine rings is 1. The van der Waals surface area contributed by atoms with Gasteiger partial charge in [0.1, 0.15) is 0 Å². The van der Waals surface area contributed by atoms with Crippen molar-refractivity contribution in [3.63, 3.8) is 0 Å². The molecule has 1 N–H and O–H groups in total. The van der Waals surface area contributed by atoms with E-state index in [0.717, 1.165) is 37.0 Å². The van der Waals surface area contributed by atoms with Gasteiger partial charge in [0.05, 0.1) is 11.0 Å². The lowest BCUT2D eigenvalue weighted by Crippen LogP contribution is -2.37. The van der Waals surface area contributed by atoms with Gasteiger partial charge in [-0.1, -0.05) is 42.5 Å². The zero-order chi connectivity index (χ0) is 17.8. The average molecular weight is 349 g/mol. The maximum Gasteiger partial charge on any atom is 0.326 e. The quantitative estimate of drug-likeness (QED) is 0.684. The first-order valence-corrected chi connectivity index (χ1v) is 9.77. The number of para-hydroxylation sites is 2. The average Bonchev–Trinajstić information content (AvgIpc) is 3.02. The van der Waals surface area contributed by atoms with E-state index >= 15 is 0 Å². The standard InChI is InChI=1S/C22H27N3O/c26-22-23-20-11-4-5-12-21(20)25(22)19-13-16-24(17-14-19)15-7-6-10-18-8-2-1-3-9-18/h1-5,8-9,11-12,19H,6-7,10,13-17H2,(H,23,26). The van der Waals surface area contributed by atoms with E-state index in [0.29, 0.717) is 6.04 Å². The predicted octanol–water partition coefficient (Wildman–Crippen LogP) is 3.99. The molecule has 1 saturated heterocycles. The summed E-state index contributed by atoms with van der Waals surface area (Å²) in [5.41, 5.74) is 3.46. The van der Waals surface area contributed by atoms with Gasteiger partial charge in [0.15, 0.2) is 0 Å². The maximum absolute atomic E-state index is 12.4. The number of H-pyrrole nitrogens is 1. The molecule has 0 saturated carbocycles. The molecule has 136 valence electrons. The van der Waals surface area contributed by atoms with Gasteiger partial charge in [0.2, 0.25) is 0 Å². The van der Waals surface area contributed by atoms with Crippen LogP contribution in [0.2, 0.25) is 0 Å². The Kier molecular flexibility index (Phi) is 5.21. The topological polar surface area (TPSA) is 41.0 Å². The number of aromatic nitrogens is 2. The summed E-state index contributed by atoms with van der Waals surface area (Å²) < 4.78 is 1.97. The van der Waals surface area contributed by atoms with E-state index in [1.54, 1.807) is 0 Å². The highest BCUT2D eigenvalue weighted by Gasteiger charge is 2.23. The van der Waals surface area contributed by atoms with E-state index in [1.807, 2.05) is 28.8 Å². The zero-order valence-corrected chi connectivity index (χ0v) is 15.2. The predicted molar refractivity (Wildman–Crippen MR) is 107 cm³/mol. The summed E-state index contributed by atoms with van der Waals surface area (Å²) in [5.74, 6) is 0. The Morgan fingerprint density at radius 3 is 2.46 bits per heavy atom. The second-order valence-electron chi connectivity index (χ2n) is 7.33. The highest BCUT2D eigenvalue weighted by Crippen LogP contribution is 2.25. The molecule has 0 unspecified atom stereocenters. The zero-order valence-electron chi connectivity index (χ0n) is 15.2. The highest BCUT2D eigenvalue weighted by atomic mass is 16.1. The molecule has 1 aromatic heterocycles. The van der Waals surface area contributed by atoms with Crippen LogP contribution in [0.5, 0.6) is 0 Å². The molecule has 0 atom stereocenters. The molecule has 26 heavy (non-hydrogen) atoms. The first kappa shape index (κ1) is 17.1. The van der Waals surface area contributed by atoms with Gasteiger partial charge in [-0.25, -0.2) is 4.79 Å². The van der Waals surface area contributed by atoms with Crippen LogP contribution in [0, 0.1) is 0 Å². The molecule has 0 bridgehead atoms. The van der Waals surface area contributed by atoms with E-state index in [9.17, 15) is 4.79 Å². The van der Waals surface area contributed by atoms with Crippen molar-refractivity contribution in [1.29, 1.82) is 0 Å². The summed E-state index contributed by atoms with van der Waals surface area (Å²) in [6.07, 6.45) is 5.77. The second-order valence-corrected chi connectivity index (χ2v) is 7.33. The van der Waals surface area contributed by atoms with Crippen LogP contribution in [0.3, 0.4) is 0 Å². The largest absolute Gasteiger partial charge is 0.326 e. The van der Waals surface area contributed by atoms with Gasteiger partial charge in [0, 0.05) is 19.1 Å². The molecule has 1 aliphatic rings. The van der Waals surface area contributed by atoms with Crippen molar-refractivity contribution < 1.29 is 0 Å². The maximum atomic E-state index is 12.4. The molecule has 4 heteroatoms. The minimum absolute atomic E-state index is 0.0347. The number of benzene rings is 2. The fourth-order valence-corrected chi connectivity index (χ4v) is 4.15. The van der Waals surface area contributed by atoms with Gasteiger partial charge in [-0.3, -0.25) is 4.57 Å². The molecule has 4 rings (SSSR count). The molecular weight excluding hydrogens is 322 g/mol. The minimum atomic E-state index is 0.0347. The second kappa shape index (κ2) is 7.92. The molecule has 3 aromatic rings. The first-order valence-electron chi connectivity index (χ1n) is 9.77. The van der Waals surface area contributed by atoms with Crippen molar-refractivity contribution >= 4 is 11.0 Å². The van der Waals surface area contributed by atoms with Gasteiger partial charge in [-0.15, -0.1) is 0 Å². The lowest BCUT2D eigenvalue weighted by atomic mass is 10.0. The lowest BCUT2D eigenvalue weighted by Gasteiger charge is -2.32. The third kappa shape index (κ3) is 3.75. The van der Waals surface area contributed by atoms with Crippen LogP contribution in [0.25, 0.3) is 11.0 Å². The SMILES string of the molecule is O=c1[nH]c2ccccc2n1C1CCN(CCCCc2ccccc2)CC1. The third-order valence-corrected chi connectivity index (χ3v) is 5.58. The Hall–Kier alpha value is -2.33. The molecule has 0 aliphatic carbocycles. The molecule has 2 heterocycles. The van der Waals surface area contributed by atoms with Crippen LogP contribution in [-0.2, 0) is 6.42 Å². The smallest absolute Gasteiger partial charge is 0.306 e. The van der Waals surface area contributed by atoms with Crippen molar-refractivity contribution in [2.75, 3.05) is 19.6 Å². The Morgan fingerprint density at radius 2 is 1.65 bits per heavy atom. The van der Waals surface area contributed by atoms with Crippen molar-refractivity contribution in [3.05, 3.63) is 70.6 Å². The van der Waals surface area contributed by atoms with Crippen molar-refractivity contribution in [3.8, 4) is 0 Å². The molecule has 1 fully saturated rings. The number of unbranched alkanes of at least 4 members (excludes halogenated alkanes) is 1. The monoisotopic (exact) mass is 349 g/mol. The number of likely N-dealkylation sites (tertiary alicyclic amines) is 1. The number of hydrogen-bond acceptors (Lipinski definition) is 2. The number of aryl methyl sites for hydroxylation is 1. The van der Waals surface area contributed by atoms with E-state index in [2.05, 4.69) is 40.2 Å². The Morgan fingerprint density at radius 1 is 0.923 bits per heavy atom. The number of nitrogens with one attached hydrogen (secondary N) is 1. The van der Waals surface area contributed by atoms with Crippen LogP contribution < -0.4 is 5.69 Å². The lowest BCUT2D eigenvalue weighted by molar-refractivity contribution is 0.184. The number of fused-ring (bicyclic) bond motifs is 1. The number of aromatic amines is 1. The summed E-state index contributed by atoms with van der Waals surface area (Å²) in [6.45, 7) is 3.34. The molecule has 0 radical (unpaired) electrons. The molecule has 1 aliphatic heterocycles. The van der Waals surface area contributed by atoms with Gasteiger partial charge in [-0.05, 0) is 56.3 Å². The highest BCUT2D eigenvalue weighted by molar-refractivity contribution is 5.75. The van der Waals surface area contributed by atoms with E-state index in [1.165, 1.54) is 31.4 Å². The van der Waals surface area contributed by atoms with Gasteiger partial charge in [-0.2, -0.15) is 0 Å². The van der Waals surface area contributed by atoms with E-state index < -0.39 is 0 Å². The Bertz CT molecular complexity index is 888. The first-order chi connectivity index (χ1) is 12.8. The summed E-state index contributed by atoms with van der Waals surface area (Å²) in [4.78, 5) is 17.9. The van der Waals surface area contributed by atoms with E-state index in [-0.39, 0.29) is 5.69 Å². The number of nitrogens with zero attached hydrogens (tertiary/aromatic N) is 2. The van der Waals surface area contributed by atoms with Gasteiger partial charge < -0.3 is 9.88 Å². The number of imidazole rings is 1. The van der Waals surface area contributed by atoms with Crippen molar-refractivity contribution in [2.24, 2.45) is 0 Å². The fraction of sp³-hybridized carbons (Fsp3) is 0.409. The molecule has 4 nitrogen and oxygen atoms in total. The van der Waals surface area contributed by atoms with Gasteiger partial charge >= 0.3 is 5.69 Å². The fourth-order valence-electron chi connectivity index (χ4n) is 4.15. The third-order valence-electron chi connectivity index (χ3n) is 5.58. The van der Waals surface area contributed by atoms with Crippen LogP contribution in [-0.4, -0.2) is 34.1 Å². The molecule has 0 amide bonds. The number of hydrogen-bond donors (Lipinski definition) is 1. The Balaban J connectivity index is 1.27. The Labute approximate surface area is 154 Å². The normalized spacial score (nSPS) is 16.3. The summed E-state index contributed by atoms with van der Waals surface area (Å²) in [5, 5.41) is 0. The summed E-state index contributed by atoms with van der Waals surface area (Å²) in [7, 11) is 0. The van der Waals surface area contributed by atoms with Crippen LogP contribution >= 0.6 is 0 Å². The van der Waals surface area contributed by atoms with Crippen LogP contribution in [0.4, 0.5) is 0 Å². The minimum Gasteiger partial charge on any atom is -0.306 e. The van der Waals surface area contributed by atoms with Crippen molar-refractivity contribution in [1.82, 2.24) is 14.5 Å². The molecule has 2 aromatic carbocycles. The number of rotatable bonds is 6. The van der Waals surface area contributed by atoms with Crippen LogP contribution in [0.15, 0.2) is 59.4 Å². The van der Waals surface area contributed by atoms with Crippen molar-refractivity contribution in [2.45, 2.75) is 38.1 Å². The molecular formula is C22H27N3O. The van der Waals surface area contributed by atoms with E-state index in [4.69, 9.17) is 0 Å². The van der Waals surface area contributed by atoms with Crippen LogP contribution in [0.1, 0.15) is 37.3 Å². The molecule has 0 spiro atoms. The van der Waals surface area contributed by atoms with Gasteiger partial charge in [0.25, 0.3) is 0 Å². The summed E-state index contributed by atoms with van der Waals surface area (Å²) in [6, 6.07) is 19.1.